The Bertz CT molecular complexity index is 2110. The van der Waals surface area contributed by atoms with E-state index in [1.807, 2.05) is 30.7 Å². The Labute approximate surface area is 217 Å². The molecule has 38 heavy (non-hydrogen) atoms. The minimum Gasteiger partial charge on any atom is -0.338 e. The molecule has 3 aromatic carbocycles. The molecule has 0 amide bonds. The van der Waals surface area contributed by atoms with Gasteiger partial charge in [-0.05, 0) is 72.0 Å². The first-order chi connectivity index (χ1) is 18.7. The van der Waals surface area contributed by atoms with Crippen LogP contribution in [0, 0.1) is 0 Å². The smallest absolute Gasteiger partial charge is 0.154 e. The van der Waals surface area contributed by atoms with Crippen LogP contribution < -0.4 is 11.1 Å². The van der Waals surface area contributed by atoms with Gasteiger partial charge < -0.3 is 15.5 Å². The van der Waals surface area contributed by atoms with Gasteiger partial charge in [-0.25, -0.2) is 15.0 Å². The van der Waals surface area contributed by atoms with Gasteiger partial charge in [-0.2, -0.15) is 0 Å². The van der Waals surface area contributed by atoms with E-state index < -0.39 is 0 Å². The van der Waals surface area contributed by atoms with E-state index in [0.29, 0.717) is 0 Å². The van der Waals surface area contributed by atoms with Gasteiger partial charge in [0.05, 0.1) is 22.4 Å². The van der Waals surface area contributed by atoms with Crippen molar-refractivity contribution in [2.75, 3.05) is 5.32 Å². The molecular formula is C31H23N7. The Kier molecular flexibility index (Phi) is 3.72. The number of aromatic nitrogens is 5. The second-order valence-corrected chi connectivity index (χ2v) is 10.6. The third-order valence-electron chi connectivity index (χ3n) is 8.50. The van der Waals surface area contributed by atoms with Gasteiger partial charge in [-0.1, -0.05) is 24.3 Å². The van der Waals surface area contributed by atoms with E-state index in [2.05, 4.69) is 74.0 Å². The first-order valence-electron chi connectivity index (χ1n) is 13.0. The van der Waals surface area contributed by atoms with Crippen LogP contribution in [0.5, 0.6) is 0 Å². The Morgan fingerprint density at radius 1 is 0.868 bits per heavy atom. The van der Waals surface area contributed by atoms with Gasteiger partial charge in [-0.3, -0.25) is 4.57 Å². The molecule has 4 aromatic heterocycles. The van der Waals surface area contributed by atoms with E-state index in [0.717, 1.165) is 74.3 Å². The maximum Gasteiger partial charge on any atom is 0.154 e. The van der Waals surface area contributed by atoms with E-state index in [1.165, 1.54) is 17.4 Å². The zero-order valence-corrected chi connectivity index (χ0v) is 20.5. The minimum absolute atomic E-state index is 0.249. The van der Waals surface area contributed by atoms with Crippen molar-refractivity contribution in [1.82, 2.24) is 23.9 Å². The Morgan fingerprint density at radius 3 is 2.66 bits per heavy atom. The molecule has 0 radical (unpaired) electrons. The molecule has 0 spiro atoms. The van der Waals surface area contributed by atoms with Crippen LogP contribution in [0.25, 0.3) is 55.3 Å². The molecule has 7 heteroatoms. The third kappa shape index (κ3) is 2.53. The normalized spacial score (nSPS) is 15.6. The molecule has 182 valence electrons. The predicted molar refractivity (Wildman–Crippen MR) is 151 cm³/mol. The summed E-state index contributed by atoms with van der Waals surface area (Å²) >= 11 is 0. The molecule has 0 bridgehead atoms. The van der Waals surface area contributed by atoms with Crippen molar-refractivity contribution in [2.45, 2.75) is 24.8 Å². The van der Waals surface area contributed by atoms with Gasteiger partial charge in [0.15, 0.2) is 5.82 Å². The molecule has 1 aliphatic carbocycles. The van der Waals surface area contributed by atoms with E-state index in [1.54, 1.807) is 0 Å². The average Bonchev–Trinajstić information content (AvgIpc) is 3.53. The quantitative estimate of drug-likeness (QED) is 0.257. The topological polar surface area (TPSA) is 86.1 Å². The molecule has 3 N–H and O–H groups in total. The summed E-state index contributed by atoms with van der Waals surface area (Å²) in [5, 5.41) is 8.09. The SMILES string of the molecule is NC1(c2ccc3c(c2)c2cc4nccn4cc2c2nc4n(c32)-c2cccnc2Nc2ccccc2-4)CCC1. The number of rotatable bonds is 1. The maximum absolute atomic E-state index is 6.82. The van der Waals surface area contributed by atoms with E-state index in [9.17, 15) is 0 Å². The molecule has 1 saturated carbocycles. The molecule has 2 aliphatic rings. The largest absolute Gasteiger partial charge is 0.338 e. The molecule has 1 fully saturated rings. The highest BCUT2D eigenvalue weighted by Crippen LogP contribution is 2.46. The summed E-state index contributed by atoms with van der Waals surface area (Å²) in [5.41, 5.74) is 13.7. The third-order valence-corrected chi connectivity index (χ3v) is 8.50. The maximum atomic E-state index is 6.82. The second kappa shape index (κ2) is 6.96. The fourth-order valence-electron chi connectivity index (χ4n) is 6.36. The van der Waals surface area contributed by atoms with Crippen LogP contribution in [-0.2, 0) is 5.54 Å². The summed E-state index contributed by atoms with van der Waals surface area (Å²) < 4.78 is 4.35. The lowest BCUT2D eigenvalue weighted by atomic mass is 9.72. The van der Waals surface area contributed by atoms with Crippen LogP contribution in [0.3, 0.4) is 0 Å². The summed E-state index contributed by atoms with van der Waals surface area (Å²) in [6.45, 7) is 0. The Balaban J connectivity index is 1.52. The van der Waals surface area contributed by atoms with Crippen LogP contribution in [0.4, 0.5) is 11.5 Å². The van der Waals surface area contributed by atoms with E-state index >= 15 is 0 Å². The van der Waals surface area contributed by atoms with Gasteiger partial charge in [0.25, 0.3) is 0 Å². The lowest BCUT2D eigenvalue weighted by Gasteiger charge is -2.38. The van der Waals surface area contributed by atoms with Gasteiger partial charge in [-0.15, -0.1) is 0 Å². The fourth-order valence-corrected chi connectivity index (χ4v) is 6.36. The molecule has 0 atom stereocenters. The number of nitrogens with two attached hydrogens (primary N) is 1. The van der Waals surface area contributed by atoms with Gasteiger partial charge >= 0.3 is 0 Å². The summed E-state index contributed by atoms with van der Waals surface area (Å²) in [6.07, 6.45) is 11.0. The number of nitrogens with zero attached hydrogens (tertiary/aromatic N) is 5. The lowest BCUT2D eigenvalue weighted by molar-refractivity contribution is 0.254. The highest BCUT2D eigenvalue weighted by atomic mass is 15.2. The number of nitrogens with one attached hydrogen (secondary N) is 1. The van der Waals surface area contributed by atoms with Gasteiger partial charge in [0, 0.05) is 46.7 Å². The molecule has 9 rings (SSSR count). The number of hydrogen-bond donors (Lipinski definition) is 2. The van der Waals surface area contributed by atoms with Gasteiger partial charge in [0.1, 0.15) is 11.5 Å². The van der Waals surface area contributed by atoms with E-state index in [4.69, 9.17) is 15.7 Å². The zero-order chi connectivity index (χ0) is 25.0. The number of benzene rings is 3. The van der Waals surface area contributed by atoms with Crippen LogP contribution in [0.1, 0.15) is 24.8 Å². The van der Waals surface area contributed by atoms with Crippen molar-refractivity contribution < 1.29 is 0 Å². The zero-order valence-electron chi connectivity index (χ0n) is 20.5. The van der Waals surface area contributed by atoms with Crippen LogP contribution in [0.2, 0.25) is 0 Å². The molecule has 0 saturated heterocycles. The predicted octanol–water partition coefficient (Wildman–Crippen LogP) is 6.44. The molecule has 0 unspecified atom stereocenters. The number of fused-ring (bicyclic) bond motifs is 13. The van der Waals surface area contributed by atoms with Crippen molar-refractivity contribution in [2.24, 2.45) is 5.73 Å². The van der Waals surface area contributed by atoms with E-state index in [-0.39, 0.29) is 5.54 Å². The monoisotopic (exact) mass is 493 g/mol. The van der Waals surface area contributed by atoms with Gasteiger partial charge in [0.2, 0.25) is 0 Å². The van der Waals surface area contributed by atoms with Crippen LogP contribution >= 0.6 is 0 Å². The Hall–Kier alpha value is -4.75. The molecule has 5 heterocycles. The minimum atomic E-state index is -0.249. The summed E-state index contributed by atoms with van der Waals surface area (Å²) in [4.78, 5) is 14.7. The average molecular weight is 494 g/mol. The van der Waals surface area contributed by atoms with Crippen molar-refractivity contribution in [3.63, 3.8) is 0 Å². The highest BCUT2D eigenvalue weighted by molar-refractivity contribution is 6.25. The first kappa shape index (κ1) is 20.3. The Morgan fingerprint density at radius 2 is 1.76 bits per heavy atom. The summed E-state index contributed by atoms with van der Waals surface area (Å²) in [5.74, 6) is 1.70. The number of hydrogen-bond acceptors (Lipinski definition) is 5. The van der Waals surface area contributed by atoms with Crippen molar-refractivity contribution in [3.8, 4) is 17.1 Å². The second-order valence-electron chi connectivity index (χ2n) is 10.6. The summed E-state index contributed by atoms with van der Waals surface area (Å²) in [6, 6.07) is 21.3. The van der Waals surface area contributed by atoms with Crippen LogP contribution in [0.15, 0.2) is 85.5 Å². The number of pyridine rings is 2. The van der Waals surface area contributed by atoms with Crippen molar-refractivity contribution in [1.29, 1.82) is 0 Å². The number of anilines is 2. The number of para-hydroxylation sites is 1. The summed E-state index contributed by atoms with van der Waals surface area (Å²) in [7, 11) is 0. The molecule has 1 aliphatic heterocycles. The standard InChI is InChI=1S/C31H23N7/c32-31(10-4-11-31)18-8-9-19-21(15-18)22-16-26-33-13-14-37(26)17-23(22)27-28(19)38-25-7-3-12-34-29(25)35-24-6-2-1-5-20(24)30(38)36-27/h1-3,5-9,12-17H,4,10-11,32H2,(H,34,35). The van der Waals surface area contributed by atoms with Crippen molar-refractivity contribution >= 4 is 49.7 Å². The first-order valence-corrected chi connectivity index (χ1v) is 13.0. The van der Waals surface area contributed by atoms with Crippen LogP contribution in [-0.4, -0.2) is 23.9 Å². The molecule has 7 aromatic rings. The number of imidazole rings is 2. The van der Waals surface area contributed by atoms with Crippen molar-refractivity contribution in [3.05, 3.63) is 91.0 Å². The molecule has 7 nitrogen and oxygen atoms in total. The molecular weight excluding hydrogens is 470 g/mol. The lowest BCUT2D eigenvalue weighted by Crippen LogP contribution is -2.43. The fraction of sp³-hybridized carbons (Fsp3) is 0.129. The highest BCUT2D eigenvalue weighted by Gasteiger charge is 2.35.